The number of benzene rings is 1. The fourth-order valence-electron chi connectivity index (χ4n) is 1.84. The highest BCUT2D eigenvalue weighted by atomic mass is 16.5. The van der Waals surface area contributed by atoms with Gasteiger partial charge in [0.15, 0.2) is 0 Å². The summed E-state index contributed by atoms with van der Waals surface area (Å²) in [5.74, 6) is 0.778. The van der Waals surface area contributed by atoms with E-state index in [1.54, 1.807) is 19.2 Å². The lowest BCUT2D eigenvalue weighted by Gasteiger charge is -2.08. The molecule has 0 saturated heterocycles. The van der Waals surface area contributed by atoms with Crippen molar-refractivity contribution in [3.05, 3.63) is 54.2 Å². The number of aromatic nitrogens is 1. The number of rotatable bonds is 6. The van der Waals surface area contributed by atoms with E-state index in [0.29, 0.717) is 12.3 Å². The van der Waals surface area contributed by atoms with Gasteiger partial charge in [0.2, 0.25) is 0 Å². The topological polar surface area (TPSA) is 63.2 Å². The first-order valence-electron chi connectivity index (χ1n) is 6.95. The lowest BCUT2D eigenvalue weighted by atomic mass is 10.1. The van der Waals surface area contributed by atoms with Gasteiger partial charge in [-0.3, -0.25) is 5.32 Å². The van der Waals surface area contributed by atoms with E-state index in [2.05, 4.69) is 27.8 Å². The van der Waals surface area contributed by atoms with Crippen LogP contribution in [-0.4, -0.2) is 24.2 Å². The molecule has 1 heterocycles. The molecule has 2 aromatic rings. The molecule has 0 unspecified atom stereocenters. The van der Waals surface area contributed by atoms with Crippen molar-refractivity contribution < 1.29 is 9.53 Å². The Hall–Kier alpha value is -2.56. The number of amides is 1. The molecule has 1 aromatic heterocycles. The van der Waals surface area contributed by atoms with Crippen molar-refractivity contribution in [3.63, 3.8) is 0 Å². The van der Waals surface area contributed by atoms with Gasteiger partial charge in [-0.15, -0.1) is 0 Å². The zero-order chi connectivity index (χ0) is 14.9. The molecule has 0 spiro atoms. The second kappa shape index (κ2) is 7.89. The number of carbonyl (C=O) groups is 1. The van der Waals surface area contributed by atoms with Gasteiger partial charge < -0.3 is 10.1 Å². The van der Waals surface area contributed by atoms with Crippen LogP contribution >= 0.6 is 0 Å². The summed E-state index contributed by atoms with van der Waals surface area (Å²) in [6, 6.07) is 13.9. The van der Waals surface area contributed by atoms with E-state index in [-0.39, 0.29) is 0 Å². The molecular formula is C16H19N3O2. The molecule has 0 aliphatic heterocycles. The molecule has 110 valence electrons. The van der Waals surface area contributed by atoms with Crippen molar-refractivity contribution in [2.45, 2.75) is 13.3 Å². The minimum atomic E-state index is -0.468. The van der Waals surface area contributed by atoms with E-state index in [4.69, 9.17) is 4.74 Å². The molecule has 0 atom stereocenters. The highest BCUT2D eigenvalue weighted by Crippen LogP contribution is 2.10. The maximum Gasteiger partial charge on any atom is 0.411 e. The van der Waals surface area contributed by atoms with Crippen molar-refractivity contribution in [2.75, 3.05) is 23.8 Å². The molecule has 1 aromatic carbocycles. The van der Waals surface area contributed by atoms with Crippen LogP contribution in [0.2, 0.25) is 0 Å². The standard InChI is InChI=1S/C16H19N3O2/c1-2-21-16(20)19-14-8-9-15(18-12-14)17-11-10-13-6-4-3-5-7-13/h3-9,12H,2,10-11H2,1H3,(H,17,18)(H,19,20). The quantitative estimate of drug-likeness (QED) is 0.854. The second-order valence-electron chi connectivity index (χ2n) is 4.44. The monoisotopic (exact) mass is 285 g/mol. The zero-order valence-corrected chi connectivity index (χ0v) is 12.0. The van der Waals surface area contributed by atoms with E-state index in [1.807, 2.05) is 24.3 Å². The maximum atomic E-state index is 11.2. The van der Waals surface area contributed by atoms with Gasteiger partial charge in [0, 0.05) is 6.54 Å². The van der Waals surface area contributed by atoms with Crippen LogP contribution in [0.15, 0.2) is 48.7 Å². The summed E-state index contributed by atoms with van der Waals surface area (Å²) in [6.07, 6.45) is 2.07. The predicted molar refractivity (Wildman–Crippen MR) is 83.5 cm³/mol. The minimum Gasteiger partial charge on any atom is -0.450 e. The third kappa shape index (κ3) is 5.14. The van der Waals surface area contributed by atoms with Gasteiger partial charge in [-0.2, -0.15) is 0 Å². The van der Waals surface area contributed by atoms with Crippen molar-refractivity contribution in [1.82, 2.24) is 4.98 Å². The molecule has 2 rings (SSSR count). The summed E-state index contributed by atoms with van der Waals surface area (Å²) < 4.78 is 4.80. The first kappa shape index (κ1) is 14.8. The van der Waals surface area contributed by atoms with Gasteiger partial charge in [-0.05, 0) is 31.0 Å². The first-order valence-corrected chi connectivity index (χ1v) is 6.95. The predicted octanol–water partition coefficient (Wildman–Crippen LogP) is 3.30. The Morgan fingerprint density at radius 3 is 2.67 bits per heavy atom. The molecular weight excluding hydrogens is 266 g/mol. The fraction of sp³-hybridized carbons (Fsp3) is 0.250. The largest absolute Gasteiger partial charge is 0.450 e. The number of carbonyl (C=O) groups excluding carboxylic acids is 1. The molecule has 5 nitrogen and oxygen atoms in total. The summed E-state index contributed by atoms with van der Waals surface area (Å²) in [6.45, 7) is 2.91. The average molecular weight is 285 g/mol. The van der Waals surface area contributed by atoms with E-state index in [0.717, 1.165) is 18.8 Å². The smallest absolute Gasteiger partial charge is 0.411 e. The molecule has 0 bridgehead atoms. The van der Waals surface area contributed by atoms with Crippen molar-refractivity contribution >= 4 is 17.6 Å². The summed E-state index contributed by atoms with van der Waals surface area (Å²) in [4.78, 5) is 15.5. The van der Waals surface area contributed by atoms with Crippen LogP contribution in [0.1, 0.15) is 12.5 Å². The second-order valence-corrected chi connectivity index (χ2v) is 4.44. The minimum absolute atomic E-state index is 0.346. The average Bonchev–Trinajstić information content (AvgIpc) is 2.50. The van der Waals surface area contributed by atoms with Crippen LogP contribution < -0.4 is 10.6 Å². The van der Waals surface area contributed by atoms with Crippen LogP contribution in [0.5, 0.6) is 0 Å². The number of nitrogens with one attached hydrogen (secondary N) is 2. The van der Waals surface area contributed by atoms with Crippen LogP contribution in [0, 0.1) is 0 Å². The van der Waals surface area contributed by atoms with Crippen molar-refractivity contribution in [2.24, 2.45) is 0 Å². The maximum absolute atomic E-state index is 11.2. The Balaban J connectivity index is 1.78. The van der Waals surface area contributed by atoms with Crippen molar-refractivity contribution in [1.29, 1.82) is 0 Å². The van der Waals surface area contributed by atoms with E-state index in [9.17, 15) is 4.79 Å². The molecule has 2 N–H and O–H groups in total. The third-order valence-electron chi connectivity index (χ3n) is 2.85. The zero-order valence-electron chi connectivity index (χ0n) is 12.0. The lowest BCUT2D eigenvalue weighted by molar-refractivity contribution is 0.168. The van der Waals surface area contributed by atoms with E-state index >= 15 is 0 Å². The Morgan fingerprint density at radius 2 is 2.00 bits per heavy atom. The molecule has 21 heavy (non-hydrogen) atoms. The Kier molecular flexibility index (Phi) is 5.58. The highest BCUT2D eigenvalue weighted by molar-refractivity contribution is 5.84. The Morgan fingerprint density at radius 1 is 1.19 bits per heavy atom. The fourth-order valence-corrected chi connectivity index (χ4v) is 1.84. The van der Waals surface area contributed by atoms with Gasteiger partial charge >= 0.3 is 6.09 Å². The highest BCUT2D eigenvalue weighted by Gasteiger charge is 2.02. The number of hydrogen-bond acceptors (Lipinski definition) is 4. The molecule has 1 amide bonds. The third-order valence-corrected chi connectivity index (χ3v) is 2.85. The molecule has 0 aliphatic rings. The summed E-state index contributed by atoms with van der Waals surface area (Å²) >= 11 is 0. The van der Waals surface area contributed by atoms with E-state index < -0.39 is 6.09 Å². The number of ether oxygens (including phenoxy) is 1. The molecule has 0 radical (unpaired) electrons. The summed E-state index contributed by atoms with van der Waals surface area (Å²) in [5.41, 5.74) is 1.90. The number of anilines is 2. The van der Waals surface area contributed by atoms with Crippen LogP contribution in [0.4, 0.5) is 16.3 Å². The van der Waals surface area contributed by atoms with Crippen molar-refractivity contribution in [3.8, 4) is 0 Å². The van der Waals surface area contributed by atoms with Gasteiger partial charge in [0.05, 0.1) is 18.5 Å². The molecule has 0 fully saturated rings. The molecule has 0 aliphatic carbocycles. The first-order chi connectivity index (χ1) is 10.3. The number of nitrogens with zero attached hydrogens (tertiary/aromatic N) is 1. The van der Waals surface area contributed by atoms with E-state index in [1.165, 1.54) is 5.56 Å². The number of hydrogen-bond donors (Lipinski definition) is 2. The van der Waals surface area contributed by atoms with Crippen LogP contribution in [-0.2, 0) is 11.2 Å². The van der Waals surface area contributed by atoms with Gasteiger partial charge in [0.25, 0.3) is 0 Å². The lowest BCUT2D eigenvalue weighted by Crippen LogP contribution is -2.13. The van der Waals surface area contributed by atoms with Gasteiger partial charge in [0.1, 0.15) is 5.82 Å². The molecule has 5 heteroatoms. The van der Waals surface area contributed by atoms with Gasteiger partial charge in [-0.1, -0.05) is 30.3 Å². The Bertz CT molecular complexity index is 555. The summed E-state index contributed by atoms with van der Waals surface area (Å²) in [7, 11) is 0. The van der Waals surface area contributed by atoms with Crippen LogP contribution in [0.25, 0.3) is 0 Å². The summed E-state index contributed by atoms with van der Waals surface area (Å²) in [5, 5.41) is 5.84. The van der Waals surface area contributed by atoms with Gasteiger partial charge in [-0.25, -0.2) is 9.78 Å². The SMILES string of the molecule is CCOC(=O)Nc1ccc(NCCc2ccccc2)nc1. The van der Waals surface area contributed by atoms with Crippen LogP contribution in [0.3, 0.4) is 0 Å². The molecule has 0 saturated carbocycles. The number of pyridine rings is 1. The Labute approximate surface area is 124 Å². The normalized spacial score (nSPS) is 9.95.